The first-order valence-electron chi connectivity index (χ1n) is 6.62. The van der Waals surface area contributed by atoms with E-state index in [2.05, 4.69) is 18.7 Å². The highest BCUT2D eigenvalue weighted by Gasteiger charge is 2.22. The van der Waals surface area contributed by atoms with Crippen molar-refractivity contribution in [3.05, 3.63) is 0 Å². The van der Waals surface area contributed by atoms with E-state index in [1.807, 2.05) is 0 Å². The summed E-state index contributed by atoms with van der Waals surface area (Å²) in [7, 11) is 0. The highest BCUT2D eigenvalue weighted by Crippen LogP contribution is 2.24. The third-order valence-electron chi connectivity index (χ3n) is 3.56. The van der Waals surface area contributed by atoms with Crippen LogP contribution in [-0.2, 0) is 0 Å². The molecule has 15 heavy (non-hydrogen) atoms. The van der Waals surface area contributed by atoms with E-state index in [0.29, 0.717) is 6.61 Å². The van der Waals surface area contributed by atoms with Crippen molar-refractivity contribution in [1.29, 1.82) is 0 Å². The maximum atomic E-state index is 9.10. The normalized spacial score (nSPS) is 20.0. The molecule has 0 aliphatic heterocycles. The molecule has 0 spiro atoms. The minimum atomic E-state index is 0.315. The molecule has 0 aromatic carbocycles. The molecule has 0 saturated heterocycles. The van der Waals surface area contributed by atoms with E-state index < -0.39 is 0 Å². The molecule has 1 unspecified atom stereocenters. The van der Waals surface area contributed by atoms with Crippen LogP contribution in [-0.4, -0.2) is 35.7 Å². The van der Waals surface area contributed by atoms with Gasteiger partial charge in [-0.3, -0.25) is 4.90 Å². The Morgan fingerprint density at radius 2 is 2.00 bits per heavy atom. The van der Waals surface area contributed by atoms with Crippen LogP contribution in [0.25, 0.3) is 0 Å². The molecule has 90 valence electrons. The predicted octanol–water partition coefficient (Wildman–Crippen LogP) is 2.66. The number of nitrogens with zero attached hydrogens (tertiary/aromatic N) is 1. The molecule has 1 N–H and O–H groups in total. The summed E-state index contributed by atoms with van der Waals surface area (Å²) in [4.78, 5) is 2.52. The average molecular weight is 213 g/mol. The van der Waals surface area contributed by atoms with Gasteiger partial charge >= 0.3 is 0 Å². The molecule has 1 aliphatic rings. The minimum Gasteiger partial charge on any atom is -0.395 e. The van der Waals surface area contributed by atoms with Crippen molar-refractivity contribution in [3.63, 3.8) is 0 Å². The first kappa shape index (κ1) is 13.0. The summed E-state index contributed by atoms with van der Waals surface area (Å²) in [5.74, 6) is 0.780. The van der Waals surface area contributed by atoms with Crippen LogP contribution in [0.1, 0.15) is 52.4 Å². The van der Waals surface area contributed by atoms with Crippen LogP contribution in [0.2, 0.25) is 0 Å². The fourth-order valence-corrected chi connectivity index (χ4v) is 2.81. The fraction of sp³-hybridized carbons (Fsp3) is 1.00. The van der Waals surface area contributed by atoms with Gasteiger partial charge in [-0.25, -0.2) is 0 Å². The first-order chi connectivity index (χ1) is 7.27. The third-order valence-corrected chi connectivity index (χ3v) is 3.56. The molecule has 1 rings (SSSR count). The molecule has 0 amide bonds. The molecular weight excluding hydrogens is 186 g/mol. The third kappa shape index (κ3) is 4.52. The van der Waals surface area contributed by atoms with Crippen molar-refractivity contribution < 1.29 is 5.11 Å². The molecule has 1 atom stereocenters. The Morgan fingerprint density at radius 3 is 2.53 bits per heavy atom. The maximum Gasteiger partial charge on any atom is 0.0558 e. The lowest BCUT2D eigenvalue weighted by atomic mass is 10.0. The van der Waals surface area contributed by atoms with Gasteiger partial charge in [0.2, 0.25) is 0 Å². The standard InChI is InChI=1S/C13H27NO/c1-3-6-12(2)11-14(9-10-15)13-7-4-5-8-13/h12-13,15H,3-11H2,1-2H3. The second-order valence-electron chi connectivity index (χ2n) is 5.05. The summed E-state index contributed by atoms with van der Waals surface area (Å²) in [5.41, 5.74) is 0. The number of hydrogen-bond donors (Lipinski definition) is 1. The Bertz CT molecular complexity index is 155. The van der Waals surface area contributed by atoms with Gasteiger partial charge in [0, 0.05) is 19.1 Å². The smallest absolute Gasteiger partial charge is 0.0558 e. The Morgan fingerprint density at radius 1 is 1.33 bits per heavy atom. The van der Waals surface area contributed by atoms with Crippen molar-refractivity contribution >= 4 is 0 Å². The zero-order valence-corrected chi connectivity index (χ0v) is 10.4. The molecule has 1 fully saturated rings. The quantitative estimate of drug-likeness (QED) is 0.703. The van der Waals surface area contributed by atoms with Crippen LogP contribution in [0.5, 0.6) is 0 Å². The van der Waals surface area contributed by atoms with Crippen LogP contribution in [0.4, 0.5) is 0 Å². The monoisotopic (exact) mass is 213 g/mol. The van der Waals surface area contributed by atoms with E-state index in [-0.39, 0.29) is 0 Å². The van der Waals surface area contributed by atoms with Gasteiger partial charge in [-0.2, -0.15) is 0 Å². The minimum absolute atomic E-state index is 0.315. The van der Waals surface area contributed by atoms with Crippen molar-refractivity contribution in [2.24, 2.45) is 5.92 Å². The summed E-state index contributed by atoms with van der Waals surface area (Å²) in [6, 6.07) is 0.761. The van der Waals surface area contributed by atoms with Gasteiger partial charge in [0.05, 0.1) is 6.61 Å². The molecule has 0 aromatic heterocycles. The fourth-order valence-electron chi connectivity index (χ4n) is 2.81. The molecule has 0 heterocycles. The van der Waals surface area contributed by atoms with Crippen LogP contribution in [0.3, 0.4) is 0 Å². The number of aliphatic hydroxyl groups excluding tert-OH is 1. The molecule has 2 heteroatoms. The van der Waals surface area contributed by atoms with Crippen molar-refractivity contribution in [1.82, 2.24) is 4.90 Å². The zero-order chi connectivity index (χ0) is 11.1. The van der Waals surface area contributed by atoms with E-state index >= 15 is 0 Å². The van der Waals surface area contributed by atoms with Crippen molar-refractivity contribution in [2.45, 2.75) is 58.4 Å². The summed E-state index contributed by atoms with van der Waals surface area (Å²) < 4.78 is 0. The van der Waals surface area contributed by atoms with Crippen LogP contribution in [0.15, 0.2) is 0 Å². The summed E-state index contributed by atoms with van der Waals surface area (Å²) in [5, 5.41) is 9.10. The van der Waals surface area contributed by atoms with Crippen molar-refractivity contribution in [2.75, 3.05) is 19.7 Å². The molecule has 0 radical (unpaired) electrons. The zero-order valence-electron chi connectivity index (χ0n) is 10.4. The largest absolute Gasteiger partial charge is 0.395 e. The first-order valence-corrected chi connectivity index (χ1v) is 6.62. The highest BCUT2D eigenvalue weighted by molar-refractivity contribution is 4.78. The lowest BCUT2D eigenvalue weighted by Gasteiger charge is -2.30. The van der Waals surface area contributed by atoms with Gasteiger partial charge in [-0.1, -0.05) is 33.1 Å². The van der Waals surface area contributed by atoms with Gasteiger partial charge in [-0.15, -0.1) is 0 Å². The van der Waals surface area contributed by atoms with Crippen LogP contribution < -0.4 is 0 Å². The molecule has 2 nitrogen and oxygen atoms in total. The molecule has 0 aromatic rings. The maximum absolute atomic E-state index is 9.10. The van der Waals surface area contributed by atoms with Crippen LogP contribution >= 0.6 is 0 Å². The van der Waals surface area contributed by atoms with Gasteiger partial charge in [0.15, 0.2) is 0 Å². The predicted molar refractivity (Wildman–Crippen MR) is 65.0 cm³/mol. The van der Waals surface area contributed by atoms with E-state index in [4.69, 9.17) is 5.11 Å². The lowest BCUT2D eigenvalue weighted by Crippen LogP contribution is -2.38. The summed E-state index contributed by atoms with van der Waals surface area (Å²) in [6.07, 6.45) is 8.05. The number of rotatable bonds is 7. The van der Waals surface area contributed by atoms with Gasteiger partial charge in [0.1, 0.15) is 0 Å². The van der Waals surface area contributed by atoms with Gasteiger partial charge in [-0.05, 0) is 25.2 Å². The van der Waals surface area contributed by atoms with E-state index in [1.165, 1.54) is 45.1 Å². The van der Waals surface area contributed by atoms with Crippen LogP contribution in [0, 0.1) is 5.92 Å². The van der Waals surface area contributed by atoms with E-state index in [1.54, 1.807) is 0 Å². The molecule has 0 bridgehead atoms. The number of hydrogen-bond acceptors (Lipinski definition) is 2. The Hall–Kier alpha value is -0.0800. The lowest BCUT2D eigenvalue weighted by molar-refractivity contribution is 0.132. The molecule has 1 aliphatic carbocycles. The Balaban J connectivity index is 2.34. The summed E-state index contributed by atoms with van der Waals surface area (Å²) in [6.45, 7) is 6.96. The molecule has 1 saturated carbocycles. The Kier molecular flexibility index (Phi) is 6.26. The van der Waals surface area contributed by atoms with E-state index in [0.717, 1.165) is 18.5 Å². The topological polar surface area (TPSA) is 23.5 Å². The SMILES string of the molecule is CCCC(C)CN(CCO)C1CCCC1. The summed E-state index contributed by atoms with van der Waals surface area (Å²) >= 11 is 0. The number of aliphatic hydroxyl groups is 1. The molecular formula is C13H27NO. The highest BCUT2D eigenvalue weighted by atomic mass is 16.3. The Labute approximate surface area is 94.7 Å². The second-order valence-corrected chi connectivity index (χ2v) is 5.05. The second kappa shape index (κ2) is 7.24. The van der Waals surface area contributed by atoms with Gasteiger partial charge < -0.3 is 5.11 Å². The van der Waals surface area contributed by atoms with E-state index in [9.17, 15) is 0 Å². The van der Waals surface area contributed by atoms with Gasteiger partial charge in [0.25, 0.3) is 0 Å². The van der Waals surface area contributed by atoms with Crippen molar-refractivity contribution in [3.8, 4) is 0 Å². The average Bonchev–Trinajstić information content (AvgIpc) is 2.70.